The molecule has 2 heterocycles. The maximum absolute atomic E-state index is 5.34. The molecule has 0 amide bonds. The van der Waals surface area contributed by atoms with Crippen molar-refractivity contribution < 1.29 is 4.74 Å². The van der Waals surface area contributed by atoms with Gasteiger partial charge in [-0.2, -0.15) is 0 Å². The molecule has 1 aliphatic heterocycles. The van der Waals surface area contributed by atoms with Crippen LogP contribution in [0.2, 0.25) is 0 Å². The van der Waals surface area contributed by atoms with Gasteiger partial charge in [0.15, 0.2) is 0 Å². The molecule has 14 heavy (non-hydrogen) atoms. The third-order valence-electron chi connectivity index (χ3n) is 2.30. The number of hydrogen-bond donors (Lipinski definition) is 1. The van der Waals surface area contributed by atoms with Crippen molar-refractivity contribution in [2.45, 2.75) is 13.0 Å². The van der Waals surface area contributed by atoms with Crippen molar-refractivity contribution in [3.05, 3.63) is 16.9 Å². The second-order valence-corrected chi connectivity index (χ2v) is 4.41. The lowest BCUT2D eigenvalue weighted by Gasteiger charge is -2.14. The Balaban J connectivity index is 2.00. The molecule has 4 nitrogen and oxygen atoms in total. The number of nitrogens with one attached hydrogen (secondary N) is 1. The lowest BCUT2D eigenvalue weighted by atomic mass is 10.1. The van der Waals surface area contributed by atoms with Crippen LogP contribution in [-0.2, 0) is 4.74 Å². The molecule has 76 valence electrons. The number of nitrogens with zero attached hydrogens (tertiary/aromatic N) is 2. The largest absolute Gasteiger partial charge is 0.379 e. The van der Waals surface area contributed by atoms with Gasteiger partial charge < -0.3 is 10.1 Å². The van der Waals surface area contributed by atoms with E-state index >= 15 is 0 Å². The molecular weight excluding hydrogens is 246 g/mol. The van der Waals surface area contributed by atoms with Gasteiger partial charge in [0, 0.05) is 18.3 Å². The summed E-state index contributed by atoms with van der Waals surface area (Å²) in [7, 11) is 0. The Morgan fingerprint density at radius 2 is 2.14 bits per heavy atom. The first-order valence-corrected chi connectivity index (χ1v) is 5.37. The van der Waals surface area contributed by atoms with Gasteiger partial charge in [-0.3, -0.25) is 0 Å². The van der Waals surface area contributed by atoms with E-state index in [0.29, 0.717) is 17.9 Å². The standard InChI is InChI=1S/C9H12BrN3O/c1-6-4-14-5-8(6)13-9-11-2-7(10)3-12-9/h2-3,6,8H,4-5H2,1H3,(H,11,12,13). The van der Waals surface area contributed by atoms with Crippen molar-refractivity contribution in [3.63, 3.8) is 0 Å². The lowest BCUT2D eigenvalue weighted by molar-refractivity contribution is 0.187. The fourth-order valence-corrected chi connectivity index (χ4v) is 1.60. The number of hydrogen-bond acceptors (Lipinski definition) is 4. The minimum atomic E-state index is 0.330. The highest BCUT2D eigenvalue weighted by Gasteiger charge is 2.24. The fraction of sp³-hybridized carbons (Fsp3) is 0.556. The average Bonchev–Trinajstić information content (AvgIpc) is 2.56. The first-order valence-electron chi connectivity index (χ1n) is 4.57. The summed E-state index contributed by atoms with van der Waals surface area (Å²) in [5.41, 5.74) is 0. The summed E-state index contributed by atoms with van der Waals surface area (Å²) < 4.78 is 6.23. The smallest absolute Gasteiger partial charge is 0.222 e. The van der Waals surface area contributed by atoms with Crippen molar-refractivity contribution in [2.24, 2.45) is 5.92 Å². The Labute approximate surface area is 91.2 Å². The predicted octanol–water partition coefficient (Wildman–Crippen LogP) is 1.69. The maximum Gasteiger partial charge on any atom is 0.222 e. The van der Waals surface area contributed by atoms with Crippen LogP contribution < -0.4 is 5.32 Å². The molecule has 0 bridgehead atoms. The van der Waals surface area contributed by atoms with Gasteiger partial charge >= 0.3 is 0 Å². The maximum atomic E-state index is 5.34. The van der Waals surface area contributed by atoms with Crippen molar-refractivity contribution >= 4 is 21.9 Å². The second-order valence-electron chi connectivity index (χ2n) is 3.49. The van der Waals surface area contributed by atoms with Crippen LogP contribution in [0.3, 0.4) is 0 Å². The third-order valence-corrected chi connectivity index (χ3v) is 2.71. The Morgan fingerprint density at radius 1 is 1.43 bits per heavy atom. The Hall–Kier alpha value is -0.680. The van der Waals surface area contributed by atoms with Crippen LogP contribution in [0, 0.1) is 5.92 Å². The van der Waals surface area contributed by atoms with Gasteiger partial charge in [0.2, 0.25) is 5.95 Å². The fourth-order valence-electron chi connectivity index (χ4n) is 1.40. The summed E-state index contributed by atoms with van der Waals surface area (Å²) in [5, 5.41) is 3.25. The zero-order chi connectivity index (χ0) is 9.97. The lowest BCUT2D eigenvalue weighted by Crippen LogP contribution is -2.26. The minimum Gasteiger partial charge on any atom is -0.379 e. The molecule has 1 aliphatic rings. The molecule has 0 spiro atoms. The summed E-state index contributed by atoms with van der Waals surface area (Å²) >= 11 is 3.29. The van der Waals surface area contributed by atoms with Crippen molar-refractivity contribution in [1.82, 2.24) is 9.97 Å². The molecule has 5 heteroatoms. The average molecular weight is 258 g/mol. The van der Waals surface area contributed by atoms with Gasteiger partial charge in [-0.1, -0.05) is 6.92 Å². The van der Waals surface area contributed by atoms with Gasteiger partial charge in [-0.15, -0.1) is 0 Å². The molecule has 2 rings (SSSR count). The Morgan fingerprint density at radius 3 is 2.71 bits per heavy atom. The number of anilines is 1. The molecule has 0 radical (unpaired) electrons. The number of halogens is 1. The molecule has 1 N–H and O–H groups in total. The van der Waals surface area contributed by atoms with Crippen LogP contribution in [-0.4, -0.2) is 29.2 Å². The van der Waals surface area contributed by atoms with Gasteiger partial charge in [0.1, 0.15) is 0 Å². The second kappa shape index (κ2) is 4.23. The zero-order valence-electron chi connectivity index (χ0n) is 7.90. The summed E-state index contributed by atoms with van der Waals surface area (Å²) in [4.78, 5) is 8.30. The highest BCUT2D eigenvalue weighted by atomic mass is 79.9. The van der Waals surface area contributed by atoms with Crippen LogP contribution in [0.25, 0.3) is 0 Å². The van der Waals surface area contributed by atoms with Gasteiger partial charge in [0.25, 0.3) is 0 Å². The van der Waals surface area contributed by atoms with Gasteiger partial charge in [-0.05, 0) is 15.9 Å². The summed E-state index contributed by atoms with van der Waals surface area (Å²) in [6.45, 7) is 3.71. The molecule has 1 fully saturated rings. The van der Waals surface area contributed by atoms with Crippen LogP contribution in [0.4, 0.5) is 5.95 Å². The predicted molar refractivity (Wildman–Crippen MR) is 57.1 cm³/mol. The molecule has 2 unspecified atom stereocenters. The first kappa shape index (κ1) is 9.86. The third kappa shape index (κ3) is 2.22. The van der Waals surface area contributed by atoms with Crippen molar-refractivity contribution in [3.8, 4) is 0 Å². The molecule has 1 saturated heterocycles. The van der Waals surface area contributed by atoms with Gasteiger partial charge in [-0.25, -0.2) is 9.97 Å². The van der Waals surface area contributed by atoms with E-state index < -0.39 is 0 Å². The molecule has 1 aromatic rings. The topological polar surface area (TPSA) is 47.0 Å². The van der Waals surface area contributed by atoms with E-state index in [2.05, 4.69) is 38.1 Å². The number of ether oxygens (including phenoxy) is 1. The van der Waals surface area contributed by atoms with Crippen LogP contribution in [0.1, 0.15) is 6.92 Å². The van der Waals surface area contributed by atoms with Crippen LogP contribution in [0.5, 0.6) is 0 Å². The number of aromatic nitrogens is 2. The summed E-state index contributed by atoms with van der Waals surface area (Å²) in [6.07, 6.45) is 3.46. The molecule has 0 aromatic carbocycles. The van der Waals surface area contributed by atoms with Crippen molar-refractivity contribution in [2.75, 3.05) is 18.5 Å². The van der Waals surface area contributed by atoms with E-state index in [1.807, 2.05) is 0 Å². The number of rotatable bonds is 2. The van der Waals surface area contributed by atoms with E-state index in [1.165, 1.54) is 0 Å². The van der Waals surface area contributed by atoms with Gasteiger partial charge in [0.05, 0.1) is 23.7 Å². The highest BCUT2D eigenvalue weighted by Crippen LogP contribution is 2.16. The molecular formula is C9H12BrN3O. The highest BCUT2D eigenvalue weighted by molar-refractivity contribution is 9.10. The molecule has 0 saturated carbocycles. The van der Waals surface area contributed by atoms with E-state index in [4.69, 9.17) is 4.74 Å². The monoisotopic (exact) mass is 257 g/mol. The zero-order valence-corrected chi connectivity index (χ0v) is 9.49. The normalized spacial score (nSPS) is 26.4. The van der Waals surface area contributed by atoms with E-state index in [-0.39, 0.29) is 0 Å². The summed E-state index contributed by atoms with van der Waals surface area (Å²) in [5.74, 6) is 1.18. The van der Waals surface area contributed by atoms with E-state index in [1.54, 1.807) is 12.4 Å². The SMILES string of the molecule is CC1COCC1Nc1ncc(Br)cn1. The van der Waals surface area contributed by atoms with Crippen LogP contribution in [0.15, 0.2) is 16.9 Å². The first-order chi connectivity index (χ1) is 6.75. The van der Waals surface area contributed by atoms with Crippen molar-refractivity contribution in [1.29, 1.82) is 0 Å². The Kier molecular flexibility index (Phi) is 2.98. The quantitative estimate of drug-likeness (QED) is 0.876. The molecule has 2 atom stereocenters. The summed E-state index contributed by atoms with van der Waals surface area (Å²) in [6, 6.07) is 0.330. The molecule has 0 aliphatic carbocycles. The van der Waals surface area contributed by atoms with Crippen LogP contribution >= 0.6 is 15.9 Å². The molecule has 1 aromatic heterocycles. The minimum absolute atomic E-state index is 0.330. The van der Waals surface area contributed by atoms with E-state index in [9.17, 15) is 0 Å². The van der Waals surface area contributed by atoms with E-state index in [0.717, 1.165) is 17.7 Å². The Bertz CT molecular complexity index is 303.